The lowest BCUT2D eigenvalue weighted by atomic mass is 10.1. The number of amides is 1. The molecule has 5 heteroatoms. The number of anilines is 2. The summed E-state index contributed by atoms with van der Waals surface area (Å²) < 4.78 is 6.41. The van der Waals surface area contributed by atoms with Gasteiger partial charge in [0.1, 0.15) is 6.10 Å². The minimum absolute atomic E-state index is 0.0243. The molecule has 0 aliphatic carbocycles. The highest BCUT2D eigenvalue weighted by Gasteiger charge is 2.26. The van der Waals surface area contributed by atoms with E-state index in [1.165, 1.54) is 0 Å². The Morgan fingerprint density at radius 3 is 2.89 bits per heavy atom. The summed E-state index contributed by atoms with van der Waals surface area (Å²) in [5, 5.41) is 0. The molecule has 1 aromatic rings. The third-order valence-electron chi connectivity index (χ3n) is 3.14. The Bertz CT molecular complexity index is 445. The number of hydrogen-bond acceptors (Lipinski definition) is 3. The number of hydrogen-bond donors (Lipinski definition) is 1. The van der Waals surface area contributed by atoms with Crippen molar-refractivity contribution in [2.45, 2.75) is 25.4 Å². The Labute approximate surface area is 115 Å². The molecule has 0 spiro atoms. The SMILES string of the molecule is CN(C(=O)C1CCCCO1)c1ccc(Br)cc1N. The number of rotatable bonds is 2. The van der Waals surface area contributed by atoms with Crippen molar-refractivity contribution in [2.24, 2.45) is 0 Å². The molecule has 1 aliphatic heterocycles. The third kappa shape index (κ3) is 2.84. The molecule has 1 aliphatic rings. The molecule has 1 aromatic carbocycles. The molecule has 2 rings (SSSR count). The van der Waals surface area contributed by atoms with Gasteiger partial charge in [0.25, 0.3) is 5.91 Å². The lowest BCUT2D eigenvalue weighted by Gasteiger charge is -2.27. The lowest BCUT2D eigenvalue weighted by molar-refractivity contribution is -0.132. The van der Waals surface area contributed by atoms with Gasteiger partial charge in [0, 0.05) is 18.1 Å². The van der Waals surface area contributed by atoms with Crippen molar-refractivity contribution in [3.8, 4) is 0 Å². The van der Waals surface area contributed by atoms with Crippen molar-refractivity contribution < 1.29 is 9.53 Å². The van der Waals surface area contributed by atoms with E-state index in [0.717, 1.165) is 29.4 Å². The summed E-state index contributed by atoms with van der Waals surface area (Å²) in [5.41, 5.74) is 7.22. The van der Waals surface area contributed by atoms with Crippen LogP contribution in [0.1, 0.15) is 19.3 Å². The number of ether oxygens (including phenoxy) is 1. The number of nitrogens with two attached hydrogens (primary N) is 1. The molecule has 18 heavy (non-hydrogen) atoms. The number of nitrogens with zero attached hydrogens (tertiary/aromatic N) is 1. The van der Waals surface area contributed by atoms with E-state index in [4.69, 9.17) is 10.5 Å². The van der Waals surface area contributed by atoms with Crippen molar-refractivity contribution in [2.75, 3.05) is 24.3 Å². The van der Waals surface area contributed by atoms with E-state index in [-0.39, 0.29) is 12.0 Å². The van der Waals surface area contributed by atoms with Crippen LogP contribution in [-0.4, -0.2) is 25.7 Å². The van der Waals surface area contributed by atoms with Gasteiger partial charge in [0.15, 0.2) is 0 Å². The average molecular weight is 313 g/mol. The Morgan fingerprint density at radius 1 is 1.50 bits per heavy atom. The number of halogens is 1. The van der Waals surface area contributed by atoms with Crippen molar-refractivity contribution >= 4 is 33.2 Å². The summed E-state index contributed by atoms with van der Waals surface area (Å²) >= 11 is 3.35. The van der Waals surface area contributed by atoms with Crippen LogP contribution in [-0.2, 0) is 9.53 Å². The molecular weight excluding hydrogens is 296 g/mol. The maximum absolute atomic E-state index is 12.3. The molecule has 1 unspecified atom stereocenters. The minimum atomic E-state index is -0.327. The maximum Gasteiger partial charge on any atom is 0.255 e. The Balaban J connectivity index is 2.14. The van der Waals surface area contributed by atoms with E-state index in [9.17, 15) is 4.79 Å². The summed E-state index contributed by atoms with van der Waals surface area (Å²) in [5.74, 6) is -0.0243. The van der Waals surface area contributed by atoms with Gasteiger partial charge in [0.05, 0.1) is 11.4 Å². The molecule has 1 atom stereocenters. The Kier molecular flexibility index (Phi) is 4.24. The minimum Gasteiger partial charge on any atom is -0.397 e. The topological polar surface area (TPSA) is 55.6 Å². The molecule has 0 radical (unpaired) electrons. The van der Waals surface area contributed by atoms with Crippen molar-refractivity contribution in [1.29, 1.82) is 0 Å². The van der Waals surface area contributed by atoms with E-state index >= 15 is 0 Å². The predicted molar refractivity (Wildman–Crippen MR) is 75.6 cm³/mol. The highest BCUT2D eigenvalue weighted by Crippen LogP contribution is 2.27. The third-order valence-corrected chi connectivity index (χ3v) is 3.63. The quantitative estimate of drug-likeness (QED) is 0.854. The molecule has 98 valence electrons. The fourth-order valence-electron chi connectivity index (χ4n) is 2.10. The number of carbonyl (C=O) groups is 1. The largest absolute Gasteiger partial charge is 0.397 e. The standard InChI is InChI=1S/C13H17BrN2O2/c1-16(11-6-5-9(14)8-10(11)15)13(17)12-4-2-3-7-18-12/h5-6,8,12H,2-4,7,15H2,1H3. The van der Waals surface area contributed by atoms with Crippen LogP contribution in [0.25, 0.3) is 0 Å². The molecule has 2 N–H and O–H groups in total. The smallest absolute Gasteiger partial charge is 0.255 e. The first kappa shape index (κ1) is 13.4. The van der Waals surface area contributed by atoms with Crippen LogP contribution < -0.4 is 10.6 Å². The van der Waals surface area contributed by atoms with Crippen LogP contribution in [0.2, 0.25) is 0 Å². The highest BCUT2D eigenvalue weighted by molar-refractivity contribution is 9.10. The van der Waals surface area contributed by atoms with E-state index < -0.39 is 0 Å². The van der Waals surface area contributed by atoms with Crippen molar-refractivity contribution in [1.82, 2.24) is 0 Å². The maximum atomic E-state index is 12.3. The van der Waals surface area contributed by atoms with E-state index in [1.54, 1.807) is 18.0 Å². The summed E-state index contributed by atoms with van der Waals surface area (Å²) in [6, 6.07) is 5.50. The molecule has 0 saturated carbocycles. The van der Waals surface area contributed by atoms with Crippen LogP contribution >= 0.6 is 15.9 Å². The first-order valence-electron chi connectivity index (χ1n) is 6.04. The van der Waals surface area contributed by atoms with Gasteiger partial charge in [-0.15, -0.1) is 0 Å². The molecule has 1 heterocycles. The first-order chi connectivity index (χ1) is 8.59. The van der Waals surface area contributed by atoms with Crippen LogP contribution in [0.5, 0.6) is 0 Å². The monoisotopic (exact) mass is 312 g/mol. The molecular formula is C13H17BrN2O2. The second-order valence-electron chi connectivity index (χ2n) is 4.46. The van der Waals surface area contributed by atoms with Crippen molar-refractivity contribution in [3.63, 3.8) is 0 Å². The number of nitrogen functional groups attached to an aromatic ring is 1. The predicted octanol–water partition coefficient (Wildman–Crippen LogP) is 2.56. The highest BCUT2D eigenvalue weighted by atomic mass is 79.9. The van der Waals surface area contributed by atoms with E-state index in [0.29, 0.717) is 12.3 Å². The number of carbonyl (C=O) groups excluding carboxylic acids is 1. The lowest BCUT2D eigenvalue weighted by Crippen LogP contribution is -2.40. The molecule has 0 bridgehead atoms. The zero-order valence-electron chi connectivity index (χ0n) is 10.4. The molecule has 1 amide bonds. The second-order valence-corrected chi connectivity index (χ2v) is 5.37. The van der Waals surface area contributed by atoms with Gasteiger partial charge >= 0.3 is 0 Å². The van der Waals surface area contributed by atoms with Crippen LogP contribution in [0, 0.1) is 0 Å². The fourth-order valence-corrected chi connectivity index (χ4v) is 2.48. The second kappa shape index (κ2) is 5.71. The van der Waals surface area contributed by atoms with Gasteiger partial charge in [-0.2, -0.15) is 0 Å². The van der Waals surface area contributed by atoms with E-state index in [2.05, 4.69) is 15.9 Å². The molecule has 0 aromatic heterocycles. The zero-order chi connectivity index (χ0) is 13.1. The average Bonchev–Trinajstić information content (AvgIpc) is 2.38. The molecule has 1 saturated heterocycles. The van der Waals surface area contributed by atoms with Gasteiger partial charge in [-0.1, -0.05) is 15.9 Å². The number of benzene rings is 1. The van der Waals surface area contributed by atoms with Crippen LogP contribution in [0.4, 0.5) is 11.4 Å². The molecule has 1 fully saturated rings. The normalized spacial score (nSPS) is 19.6. The van der Waals surface area contributed by atoms with Crippen molar-refractivity contribution in [3.05, 3.63) is 22.7 Å². The summed E-state index contributed by atoms with van der Waals surface area (Å²) in [6.45, 7) is 0.667. The fraction of sp³-hybridized carbons (Fsp3) is 0.462. The Morgan fingerprint density at radius 2 is 2.28 bits per heavy atom. The summed E-state index contributed by atoms with van der Waals surface area (Å²) in [6.07, 6.45) is 2.54. The van der Waals surface area contributed by atoms with Gasteiger partial charge in [-0.25, -0.2) is 0 Å². The van der Waals surface area contributed by atoms with Crippen LogP contribution in [0.3, 0.4) is 0 Å². The van der Waals surface area contributed by atoms with E-state index in [1.807, 2.05) is 12.1 Å². The van der Waals surface area contributed by atoms with Gasteiger partial charge in [-0.3, -0.25) is 4.79 Å². The van der Waals surface area contributed by atoms with Gasteiger partial charge in [-0.05, 0) is 37.5 Å². The zero-order valence-corrected chi connectivity index (χ0v) is 11.9. The van der Waals surface area contributed by atoms with Crippen LogP contribution in [0.15, 0.2) is 22.7 Å². The molecule has 4 nitrogen and oxygen atoms in total. The summed E-state index contributed by atoms with van der Waals surface area (Å²) in [4.78, 5) is 13.9. The first-order valence-corrected chi connectivity index (χ1v) is 6.83. The summed E-state index contributed by atoms with van der Waals surface area (Å²) in [7, 11) is 1.74. The Hall–Kier alpha value is -1.07. The van der Waals surface area contributed by atoms with Gasteiger partial charge in [0.2, 0.25) is 0 Å². The van der Waals surface area contributed by atoms with Gasteiger partial charge < -0.3 is 15.4 Å². The number of likely N-dealkylation sites (N-methyl/N-ethyl adjacent to an activating group) is 1.